The minimum Gasteiger partial charge on any atom is -0.475 e. The summed E-state index contributed by atoms with van der Waals surface area (Å²) in [6.07, 6.45) is -35.5. The molecule has 4 aliphatic rings. The van der Waals surface area contributed by atoms with Crippen LogP contribution in [0.4, 0.5) is 105 Å². The van der Waals surface area contributed by atoms with Crippen LogP contribution >= 0.6 is 7.92 Å². The third-order valence-electron chi connectivity index (χ3n) is 23.1. The molecule has 1 heterocycles. The van der Waals surface area contributed by atoms with E-state index in [0.29, 0.717) is 6.61 Å². The third kappa shape index (κ3) is 21.8. The van der Waals surface area contributed by atoms with E-state index in [9.17, 15) is 105 Å². The molecule has 9 aromatic carbocycles. The van der Waals surface area contributed by atoms with Gasteiger partial charge in [-0.05, 0) is 185 Å². The monoisotopic (exact) mass is 1950 g/mol. The van der Waals surface area contributed by atoms with Crippen LogP contribution in [0.3, 0.4) is 0 Å². The Bertz CT molecular complexity index is 4850. The van der Waals surface area contributed by atoms with Gasteiger partial charge in [-0.15, -0.1) is 0 Å². The first-order valence-electron chi connectivity index (χ1n) is 39.8. The number of alkyl halides is 24. The zero-order valence-corrected chi connectivity index (χ0v) is 72.9. The molecule has 124 heavy (non-hydrogen) atoms. The Kier molecular flexibility index (Phi) is 27.7. The number of hydrogen-bond acceptors (Lipinski definition) is 2. The zero-order valence-electron chi connectivity index (χ0n) is 69.5. The normalized spacial score (nSPS) is 17.5. The predicted octanol–water partition coefficient (Wildman–Crippen LogP) is 25.8. The predicted molar refractivity (Wildman–Crippen MR) is 438 cm³/mol. The first-order valence-corrected chi connectivity index (χ1v) is 41.3. The molecule has 0 saturated carbocycles. The molecule has 0 N–H and O–H groups in total. The van der Waals surface area contributed by atoms with E-state index in [2.05, 4.69) is 211 Å². The smallest absolute Gasteiger partial charge is 0.416 e. The number of halogens is 24. The minimum atomic E-state index is -6.13. The van der Waals surface area contributed by atoms with Gasteiger partial charge >= 0.3 is 49.4 Å². The number of aliphatic imine (C=N–C) groups is 1. The van der Waals surface area contributed by atoms with E-state index in [4.69, 9.17) is 9.73 Å². The molecule has 667 valence electrons. The Labute approximate surface area is 719 Å². The summed E-state index contributed by atoms with van der Waals surface area (Å²) in [5.74, 6) is 0.843. The third-order valence-corrected chi connectivity index (χ3v) is 25.8. The van der Waals surface area contributed by atoms with Crippen LogP contribution in [-0.4, -0.2) is 24.7 Å². The molecule has 1 spiro atoms. The van der Waals surface area contributed by atoms with E-state index in [1.54, 1.807) is 10.9 Å². The Morgan fingerprint density at radius 2 is 0.621 bits per heavy atom. The summed E-state index contributed by atoms with van der Waals surface area (Å²) in [7, 11) is -1.53. The van der Waals surface area contributed by atoms with E-state index >= 15 is 0 Å². The minimum absolute atomic E-state index is 0. The summed E-state index contributed by atoms with van der Waals surface area (Å²) in [6.45, 7) is 29.2. The molecule has 0 saturated heterocycles. The number of rotatable bonds is 10. The molecule has 0 amide bonds. The fourth-order valence-electron chi connectivity index (χ4n) is 16.8. The van der Waals surface area contributed by atoms with Crippen molar-refractivity contribution in [2.75, 3.05) is 6.61 Å². The molecule has 2 nitrogen and oxygen atoms in total. The van der Waals surface area contributed by atoms with Gasteiger partial charge in [-0.1, -0.05) is 223 Å². The van der Waals surface area contributed by atoms with Crippen molar-refractivity contribution < 1.29 is 130 Å². The first kappa shape index (κ1) is 97.6. The SMILES string of the molecule is C1=C\CC/C=C\CC/1.CC(C)(C)c1cc([PH+](c2cc(C(C)(C)C)cc(C(C)(C)C)c2)c2cccc3c2[C@@]2(CCc4cccc(C5=N[C@@H](Cc6ccccc6)CO5)c42)CC3)cc(C(C)(C)C)c1.FC(F)(F)c1cc([B-](c2cc(C(F)(F)F)cc(C(F)(F)F)c2)(c2cc(C(F)(F)F)cc(C(F)(F)F)c2)c2cc(C(F)(F)F)cc(C(F)(F)F)c2)cc(C(F)(F)F)c1.[Ir]. The maximum Gasteiger partial charge on any atom is 0.416 e. The van der Waals surface area contributed by atoms with Gasteiger partial charge < -0.3 is 4.74 Å². The van der Waals surface area contributed by atoms with Gasteiger partial charge in [0.05, 0.1) is 58.5 Å². The van der Waals surface area contributed by atoms with Gasteiger partial charge in [0.1, 0.15) is 28.7 Å². The zero-order chi connectivity index (χ0) is 91.0. The number of hydrogen-bond donors (Lipinski definition) is 0. The Morgan fingerprint density at radius 3 is 0.911 bits per heavy atom. The van der Waals surface area contributed by atoms with E-state index in [1.165, 1.54) is 86.4 Å². The first-order chi connectivity index (χ1) is 56.5. The molecule has 0 unspecified atom stereocenters. The summed E-state index contributed by atoms with van der Waals surface area (Å²) in [6, 6.07) is 31.8. The molecule has 1 aliphatic heterocycles. The summed E-state index contributed by atoms with van der Waals surface area (Å²) in [5, 5.41) is 4.57. The van der Waals surface area contributed by atoms with Gasteiger partial charge in [-0.3, -0.25) is 0 Å². The van der Waals surface area contributed by atoms with Crippen molar-refractivity contribution in [3.05, 3.63) is 300 Å². The number of aryl methyl sites for hydroxylation is 2. The van der Waals surface area contributed by atoms with E-state index < -0.39 is 203 Å². The summed E-state index contributed by atoms with van der Waals surface area (Å²) < 4.78 is 347. The molecule has 0 fully saturated rings. The Hall–Kier alpha value is -8.61. The number of benzene rings is 9. The average molecular weight is 1950 g/mol. The number of ether oxygens (including phenoxy) is 1. The molecule has 0 aromatic heterocycles. The molecule has 29 heteroatoms. The maximum absolute atomic E-state index is 14.2. The van der Waals surface area contributed by atoms with Crippen molar-refractivity contribution in [1.82, 2.24) is 0 Å². The fraction of sp³-hybridized carbons (Fsp3) is 0.379. The van der Waals surface area contributed by atoms with Crippen molar-refractivity contribution in [3.63, 3.8) is 0 Å². The number of nitrogens with zero attached hydrogens (tertiary/aromatic N) is 1. The van der Waals surface area contributed by atoms with Gasteiger partial charge in [0.2, 0.25) is 5.90 Å². The molecule has 2 atom stereocenters. The van der Waals surface area contributed by atoms with E-state index in [1.807, 2.05) is 0 Å². The molecular formula is C95H91BF24IrNOP. The summed E-state index contributed by atoms with van der Waals surface area (Å²) in [4.78, 5) is 5.33. The van der Waals surface area contributed by atoms with Crippen LogP contribution in [0.2, 0.25) is 0 Å². The van der Waals surface area contributed by atoms with Crippen LogP contribution in [0.1, 0.15) is 222 Å². The van der Waals surface area contributed by atoms with Gasteiger partial charge in [0.15, 0.2) is 0 Å². The molecule has 0 bridgehead atoms. The molecular weight excluding hydrogens is 1860 g/mol. The summed E-state index contributed by atoms with van der Waals surface area (Å²) in [5.41, 5.74) is -15.9. The van der Waals surface area contributed by atoms with Gasteiger partial charge in [-0.25, -0.2) is 4.99 Å². The summed E-state index contributed by atoms with van der Waals surface area (Å²) >= 11 is 0. The Balaban J connectivity index is 0.000000236. The average Bonchev–Trinajstić information content (AvgIpc) is 0.786. The molecule has 1 radical (unpaired) electrons. The van der Waals surface area contributed by atoms with Gasteiger partial charge in [-0.2, -0.15) is 127 Å². The quantitative estimate of drug-likeness (QED) is 0.0579. The largest absolute Gasteiger partial charge is 0.475 e. The maximum atomic E-state index is 14.2. The standard InChI is InChI=1S/C55H66NOP.C32H12BF24.C8H12.Ir/c1-51(2,3)39-29-40(52(4,5)6)32-44(31-39)58(45-33-41(53(7,8)9)30-42(34-45)54(10,11)12)47-23-17-21-38-25-27-55(49(38)47)26-24-37-20-16-22-46(48(37)55)50-56-43(35-57-50)28-36-18-14-13-15-19-36;34-25(35,36)13-1-14(26(37,38)39)6-21(5-13)33(22-7-15(27(40,41)42)2-16(8-22)28(43,44)45,23-9-17(29(46,47)48)3-18(10-23)30(49,50)51)24-11-19(31(52,53)54)4-20(12-24)32(55,56)57;1-2-4-6-8-7-5-3-1;/h13-23,29-34,43H,24-28,35H2,1-12H3;1-12H;1-2,7-8H,3-6H2;/q;-1;;/p+1/b;;2-1-,8-7-;/t43-,55-;;;/m0.../s1. The van der Waals surface area contributed by atoms with Crippen molar-refractivity contribution >= 4 is 57.7 Å². The molecule has 3 aliphatic carbocycles. The van der Waals surface area contributed by atoms with Crippen LogP contribution in [0.25, 0.3) is 0 Å². The van der Waals surface area contributed by atoms with Crippen molar-refractivity contribution in [2.45, 2.75) is 223 Å². The fourth-order valence-corrected chi connectivity index (χ4v) is 19.9. The second kappa shape index (κ2) is 35.2. The van der Waals surface area contributed by atoms with Gasteiger partial charge in [0, 0.05) is 36.6 Å². The van der Waals surface area contributed by atoms with Crippen LogP contribution < -0.4 is 37.8 Å². The van der Waals surface area contributed by atoms with Crippen molar-refractivity contribution in [3.8, 4) is 0 Å². The van der Waals surface area contributed by atoms with Crippen LogP contribution in [-0.2, 0) is 121 Å². The van der Waals surface area contributed by atoms with Crippen LogP contribution in [0.5, 0.6) is 0 Å². The van der Waals surface area contributed by atoms with Crippen LogP contribution in [0, 0.1) is 0 Å². The van der Waals surface area contributed by atoms with Crippen molar-refractivity contribution in [1.29, 1.82) is 0 Å². The second-order valence-electron chi connectivity index (χ2n) is 36.1. The van der Waals surface area contributed by atoms with E-state index in [-0.39, 0.29) is 53.2 Å². The number of fused-ring (bicyclic) bond motifs is 4. The van der Waals surface area contributed by atoms with Crippen LogP contribution in [0.15, 0.2) is 205 Å². The Morgan fingerprint density at radius 1 is 0.339 bits per heavy atom. The second-order valence-corrected chi connectivity index (χ2v) is 38.6. The molecule has 13 rings (SSSR count). The topological polar surface area (TPSA) is 21.6 Å². The van der Waals surface area contributed by atoms with Crippen molar-refractivity contribution in [2.24, 2.45) is 4.99 Å². The van der Waals surface area contributed by atoms with Gasteiger partial charge in [0.25, 0.3) is 0 Å². The number of allylic oxidation sites excluding steroid dienone is 4. The molecule has 9 aromatic rings. The van der Waals surface area contributed by atoms with E-state index in [0.717, 1.165) is 38.0 Å².